The van der Waals surface area contributed by atoms with Crippen LogP contribution < -0.4 is 10.2 Å². The molecule has 11 heteroatoms. The van der Waals surface area contributed by atoms with Gasteiger partial charge >= 0.3 is 6.18 Å². The van der Waals surface area contributed by atoms with Crippen LogP contribution in [0.3, 0.4) is 0 Å². The molecule has 7 nitrogen and oxygen atoms in total. The second-order valence-electron chi connectivity index (χ2n) is 8.60. The molecule has 4 heterocycles. The molecule has 2 aliphatic heterocycles. The van der Waals surface area contributed by atoms with Crippen molar-refractivity contribution in [2.45, 2.75) is 37.9 Å². The van der Waals surface area contributed by atoms with Crippen molar-refractivity contribution in [1.82, 2.24) is 20.2 Å². The number of piperidine rings is 2. The van der Waals surface area contributed by atoms with Gasteiger partial charge in [-0.05, 0) is 43.9 Å². The molecule has 2 aromatic rings. The Morgan fingerprint density at radius 2 is 1.76 bits per heavy atom. The van der Waals surface area contributed by atoms with Crippen molar-refractivity contribution in [1.29, 1.82) is 0 Å². The maximum absolute atomic E-state index is 13.0. The highest BCUT2D eigenvalue weighted by Gasteiger charge is 2.34. The first-order valence-corrected chi connectivity index (χ1v) is 11.6. The first-order valence-electron chi connectivity index (χ1n) is 11.2. The Bertz CT molecular complexity index is 1020. The van der Waals surface area contributed by atoms with Gasteiger partial charge in [0.15, 0.2) is 0 Å². The van der Waals surface area contributed by atoms with Crippen LogP contribution in [0.2, 0.25) is 5.02 Å². The maximum Gasteiger partial charge on any atom is 0.417 e. The summed E-state index contributed by atoms with van der Waals surface area (Å²) in [4.78, 5) is 36.9. The molecule has 0 saturated carbocycles. The minimum Gasteiger partial charge on any atom is -0.355 e. The summed E-state index contributed by atoms with van der Waals surface area (Å²) < 4.78 is 38.5. The van der Waals surface area contributed by atoms with Gasteiger partial charge < -0.3 is 15.1 Å². The number of amides is 2. The van der Waals surface area contributed by atoms with Crippen LogP contribution in [0.1, 0.15) is 41.6 Å². The van der Waals surface area contributed by atoms with Crippen molar-refractivity contribution in [3.05, 3.63) is 52.9 Å². The number of aromatic nitrogens is 2. The molecule has 2 aromatic heterocycles. The number of halogens is 4. The number of hydrogen-bond donors (Lipinski definition) is 1. The smallest absolute Gasteiger partial charge is 0.355 e. The molecule has 0 radical (unpaired) electrons. The molecule has 2 saturated heterocycles. The van der Waals surface area contributed by atoms with E-state index in [1.54, 1.807) is 18.3 Å². The van der Waals surface area contributed by atoms with E-state index >= 15 is 0 Å². The van der Waals surface area contributed by atoms with Gasteiger partial charge in [-0.15, -0.1) is 0 Å². The molecule has 2 fully saturated rings. The summed E-state index contributed by atoms with van der Waals surface area (Å²) in [6, 6.07) is 4.31. The van der Waals surface area contributed by atoms with Crippen molar-refractivity contribution in [2.24, 2.45) is 5.92 Å². The number of anilines is 1. The molecule has 0 bridgehead atoms. The lowest BCUT2D eigenvalue weighted by Gasteiger charge is -2.38. The second kappa shape index (κ2) is 10.2. The Kier molecular flexibility index (Phi) is 7.25. The zero-order valence-corrected chi connectivity index (χ0v) is 19.1. The van der Waals surface area contributed by atoms with Crippen molar-refractivity contribution < 1.29 is 22.8 Å². The second-order valence-corrected chi connectivity index (χ2v) is 9.01. The number of carbonyl (C=O) groups excluding carboxylic acids is 2. The van der Waals surface area contributed by atoms with Gasteiger partial charge in [0.25, 0.3) is 5.91 Å². The fraction of sp³-hybridized carbons (Fsp3) is 0.478. The van der Waals surface area contributed by atoms with Gasteiger partial charge in [-0.2, -0.15) is 13.2 Å². The molecule has 0 unspecified atom stereocenters. The summed E-state index contributed by atoms with van der Waals surface area (Å²) in [5.41, 5.74) is -0.373. The van der Waals surface area contributed by atoms with E-state index in [0.717, 1.165) is 12.3 Å². The number of nitrogens with zero attached hydrogens (tertiary/aromatic N) is 4. The molecule has 0 aliphatic carbocycles. The standard InChI is InChI=1S/C23H25ClF3N5O2/c24-19-12-17(23(25,26)27)14-29-20(19)31-8-3-15(4-9-31)22(34)32-10-5-18(6-11-32)30-21(33)16-2-1-7-28-13-16/h1-2,7,12-15,18H,3-6,8-11H2,(H,30,33). The summed E-state index contributed by atoms with van der Waals surface area (Å²) in [6.45, 7) is 2.13. The zero-order valence-electron chi connectivity index (χ0n) is 18.4. The lowest BCUT2D eigenvalue weighted by atomic mass is 9.93. The molecule has 0 atom stereocenters. The van der Waals surface area contributed by atoms with Gasteiger partial charge in [0, 0.05) is 56.7 Å². The predicted octanol–water partition coefficient (Wildman–Crippen LogP) is 3.79. The van der Waals surface area contributed by atoms with E-state index < -0.39 is 11.7 Å². The number of likely N-dealkylation sites (tertiary alicyclic amines) is 1. The summed E-state index contributed by atoms with van der Waals surface area (Å²) in [5, 5.41) is 2.96. The number of alkyl halides is 3. The molecule has 1 N–H and O–H groups in total. The maximum atomic E-state index is 13.0. The average molecular weight is 496 g/mol. The Balaban J connectivity index is 1.25. The number of rotatable bonds is 4. The van der Waals surface area contributed by atoms with Crippen LogP contribution in [0.15, 0.2) is 36.8 Å². The van der Waals surface area contributed by atoms with E-state index in [9.17, 15) is 22.8 Å². The Labute approximate surface area is 200 Å². The molecule has 34 heavy (non-hydrogen) atoms. The van der Waals surface area contributed by atoms with Crippen LogP contribution in [-0.4, -0.2) is 58.9 Å². The van der Waals surface area contributed by atoms with Crippen molar-refractivity contribution in [3.8, 4) is 0 Å². The normalized spacial score (nSPS) is 18.1. The Morgan fingerprint density at radius 3 is 2.35 bits per heavy atom. The van der Waals surface area contributed by atoms with Crippen LogP contribution >= 0.6 is 11.6 Å². The van der Waals surface area contributed by atoms with Crippen LogP contribution in [0, 0.1) is 5.92 Å². The van der Waals surface area contributed by atoms with Crippen molar-refractivity contribution in [3.63, 3.8) is 0 Å². The SMILES string of the molecule is O=C(NC1CCN(C(=O)C2CCN(c3ncc(C(F)(F)F)cc3Cl)CC2)CC1)c1cccnc1. The number of hydrogen-bond acceptors (Lipinski definition) is 5. The third-order valence-corrected chi connectivity index (χ3v) is 6.64. The van der Waals surface area contributed by atoms with Gasteiger partial charge in [-0.3, -0.25) is 14.6 Å². The Morgan fingerprint density at radius 1 is 1.06 bits per heavy atom. The van der Waals surface area contributed by atoms with E-state index in [0.29, 0.717) is 63.2 Å². The minimum atomic E-state index is -4.50. The Hall–Kier alpha value is -2.88. The van der Waals surface area contributed by atoms with Crippen LogP contribution in [0.5, 0.6) is 0 Å². The third-order valence-electron chi connectivity index (χ3n) is 6.36. The summed E-state index contributed by atoms with van der Waals surface area (Å²) in [7, 11) is 0. The highest BCUT2D eigenvalue weighted by Crippen LogP contribution is 2.35. The highest BCUT2D eigenvalue weighted by molar-refractivity contribution is 6.33. The molecule has 2 aliphatic rings. The molecule has 0 spiro atoms. The van der Waals surface area contributed by atoms with Gasteiger partial charge in [-0.25, -0.2) is 4.98 Å². The quantitative estimate of drug-likeness (QED) is 0.698. The fourth-order valence-corrected chi connectivity index (χ4v) is 4.71. The van der Waals surface area contributed by atoms with Gasteiger partial charge in [-0.1, -0.05) is 11.6 Å². The monoisotopic (exact) mass is 495 g/mol. The van der Waals surface area contributed by atoms with Gasteiger partial charge in [0.05, 0.1) is 16.1 Å². The summed E-state index contributed by atoms with van der Waals surface area (Å²) in [6.07, 6.45) is 1.95. The fourth-order valence-electron chi connectivity index (χ4n) is 4.42. The zero-order chi connectivity index (χ0) is 24.3. The first kappa shape index (κ1) is 24.3. The minimum absolute atomic E-state index is 0.00601. The number of pyridine rings is 2. The van der Waals surface area contributed by atoms with Gasteiger partial charge in [0.1, 0.15) is 5.82 Å². The molecular weight excluding hydrogens is 471 g/mol. The summed E-state index contributed by atoms with van der Waals surface area (Å²) >= 11 is 6.07. The van der Waals surface area contributed by atoms with E-state index in [4.69, 9.17) is 11.6 Å². The summed E-state index contributed by atoms with van der Waals surface area (Å²) in [5.74, 6) is 0.0840. The highest BCUT2D eigenvalue weighted by atomic mass is 35.5. The molecular formula is C23H25ClF3N5O2. The third kappa shape index (κ3) is 5.60. The average Bonchev–Trinajstić information content (AvgIpc) is 2.84. The topological polar surface area (TPSA) is 78.4 Å². The van der Waals surface area contributed by atoms with Crippen LogP contribution in [0.4, 0.5) is 19.0 Å². The van der Waals surface area contributed by atoms with Gasteiger partial charge in [0.2, 0.25) is 5.91 Å². The molecule has 4 rings (SSSR count). The predicted molar refractivity (Wildman–Crippen MR) is 120 cm³/mol. The molecule has 0 aromatic carbocycles. The molecule has 182 valence electrons. The van der Waals surface area contributed by atoms with E-state index in [2.05, 4.69) is 15.3 Å². The van der Waals surface area contributed by atoms with E-state index in [-0.39, 0.29) is 28.8 Å². The molecule has 2 amide bonds. The lowest BCUT2D eigenvalue weighted by molar-refractivity contribution is -0.138. The number of carbonyl (C=O) groups is 2. The van der Waals surface area contributed by atoms with Crippen molar-refractivity contribution >= 4 is 29.2 Å². The van der Waals surface area contributed by atoms with E-state index in [1.165, 1.54) is 6.20 Å². The van der Waals surface area contributed by atoms with E-state index in [1.807, 2.05) is 9.80 Å². The first-order chi connectivity index (χ1) is 16.2. The number of nitrogens with one attached hydrogen (secondary N) is 1. The largest absolute Gasteiger partial charge is 0.417 e. The van der Waals surface area contributed by atoms with Crippen molar-refractivity contribution in [2.75, 3.05) is 31.1 Å². The lowest BCUT2D eigenvalue weighted by Crippen LogP contribution is -2.49. The van der Waals surface area contributed by atoms with Crippen LogP contribution in [0.25, 0.3) is 0 Å². The van der Waals surface area contributed by atoms with Crippen LogP contribution in [-0.2, 0) is 11.0 Å².